The van der Waals surface area contributed by atoms with Gasteiger partial charge in [0.25, 0.3) is 0 Å². The fraction of sp³-hybridized carbons (Fsp3) is 0.500. The summed E-state index contributed by atoms with van der Waals surface area (Å²) < 4.78 is 5.58. The molecule has 1 aromatic heterocycles. The van der Waals surface area contributed by atoms with Crippen LogP contribution < -0.4 is 10.5 Å². The molecule has 0 unspecified atom stereocenters. The standard InChI is InChI=1S/C18H24N4O2/c1-2-23-16-5-6-18-17(9-16)13(11-21-18)8-14(20)12-24-22-7-3-4-15(22)10-19/h5-6,9,11,14-15,21H,2-4,7-8,12,20H2,1H3/t14-,15-/m0/s1. The number of ether oxygens (including phenoxy) is 1. The van der Waals surface area contributed by atoms with Gasteiger partial charge in [0.05, 0.1) is 19.3 Å². The van der Waals surface area contributed by atoms with Gasteiger partial charge in [0, 0.05) is 29.7 Å². The highest BCUT2D eigenvalue weighted by molar-refractivity contribution is 5.84. The Hall–Kier alpha value is -2.07. The number of nitriles is 1. The average molecular weight is 328 g/mol. The quantitative estimate of drug-likeness (QED) is 0.814. The van der Waals surface area contributed by atoms with E-state index in [2.05, 4.69) is 11.1 Å². The zero-order valence-electron chi connectivity index (χ0n) is 14.0. The Morgan fingerprint density at radius 3 is 3.17 bits per heavy atom. The number of rotatable bonds is 7. The second kappa shape index (κ2) is 7.67. The number of nitrogens with one attached hydrogen (secondary N) is 1. The fourth-order valence-electron chi connectivity index (χ4n) is 3.14. The maximum absolute atomic E-state index is 9.08. The summed E-state index contributed by atoms with van der Waals surface area (Å²) in [4.78, 5) is 9.01. The van der Waals surface area contributed by atoms with Crippen LogP contribution in [0.5, 0.6) is 5.75 Å². The van der Waals surface area contributed by atoms with Crippen molar-refractivity contribution in [1.82, 2.24) is 10.0 Å². The smallest absolute Gasteiger partial charge is 0.122 e. The SMILES string of the molecule is CCOc1ccc2[nH]cc(C[C@H](N)CON3CCC[C@H]3C#N)c2c1. The van der Waals surface area contributed by atoms with Crippen LogP contribution in [0.2, 0.25) is 0 Å². The van der Waals surface area contributed by atoms with Crippen molar-refractivity contribution in [1.29, 1.82) is 5.26 Å². The summed E-state index contributed by atoms with van der Waals surface area (Å²) in [5.74, 6) is 0.865. The first kappa shape index (κ1) is 16.8. The molecule has 0 radical (unpaired) electrons. The highest BCUT2D eigenvalue weighted by Gasteiger charge is 2.25. The molecule has 1 aliphatic heterocycles. The maximum Gasteiger partial charge on any atom is 0.122 e. The number of aromatic amines is 1. The molecular weight excluding hydrogens is 304 g/mol. The number of hydrogen-bond acceptors (Lipinski definition) is 5. The molecule has 1 fully saturated rings. The van der Waals surface area contributed by atoms with E-state index in [1.54, 1.807) is 5.06 Å². The number of fused-ring (bicyclic) bond motifs is 1. The molecule has 24 heavy (non-hydrogen) atoms. The Balaban J connectivity index is 1.61. The van der Waals surface area contributed by atoms with E-state index < -0.39 is 0 Å². The van der Waals surface area contributed by atoms with Gasteiger partial charge in [0.2, 0.25) is 0 Å². The number of nitrogens with zero attached hydrogens (tertiary/aromatic N) is 2. The zero-order chi connectivity index (χ0) is 16.9. The molecule has 6 heteroatoms. The summed E-state index contributed by atoms with van der Waals surface area (Å²) in [6.45, 7) is 3.84. The molecule has 2 heterocycles. The van der Waals surface area contributed by atoms with Crippen molar-refractivity contribution < 1.29 is 9.57 Å². The molecule has 0 spiro atoms. The second-order valence-electron chi connectivity index (χ2n) is 6.14. The van der Waals surface area contributed by atoms with Crippen LogP contribution in [0.25, 0.3) is 10.9 Å². The Bertz CT molecular complexity index is 721. The first-order valence-electron chi connectivity index (χ1n) is 8.48. The third-order valence-electron chi connectivity index (χ3n) is 4.34. The van der Waals surface area contributed by atoms with Crippen molar-refractivity contribution >= 4 is 10.9 Å². The van der Waals surface area contributed by atoms with Crippen LogP contribution in [0.4, 0.5) is 0 Å². The summed E-state index contributed by atoms with van der Waals surface area (Å²) in [5, 5.41) is 12.0. The van der Waals surface area contributed by atoms with Crippen molar-refractivity contribution in [3.8, 4) is 11.8 Å². The molecule has 1 aliphatic rings. The predicted octanol–water partition coefficient (Wildman–Crippen LogP) is 2.36. The minimum Gasteiger partial charge on any atom is -0.494 e. The fourth-order valence-corrected chi connectivity index (χ4v) is 3.14. The largest absolute Gasteiger partial charge is 0.494 e. The van der Waals surface area contributed by atoms with Gasteiger partial charge in [-0.2, -0.15) is 10.3 Å². The van der Waals surface area contributed by atoms with Crippen molar-refractivity contribution in [2.24, 2.45) is 5.73 Å². The third kappa shape index (κ3) is 3.70. The van der Waals surface area contributed by atoms with E-state index in [-0.39, 0.29) is 12.1 Å². The molecule has 3 N–H and O–H groups in total. The monoisotopic (exact) mass is 328 g/mol. The van der Waals surface area contributed by atoms with Gasteiger partial charge in [0.1, 0.15) is 11.8 Å². The van der Waals surface area contributed by atoms with Crippen LogP contribution in [0.1, 0.15) is 25.3 Å². The van der Waals surface area contributed by atoms with Gasteiger partial charge in [0.15, 0.2) is 0 Å². The summed E-state index contributed by atoms with van der Waals surface area (Å²) in [6, 6.07) is 8.03. The van der Waals surface area contributed by atoms with Gasteiger partial charge in [-0.05, 0) is 49.9 Å². The molecule has 6 nitrogen and oxygen atoms in total. The summed E-state index contributed by atoms with van der Waals surface area (Å²) in [6.07, 6.45) is 4.57. The number of hydrogen-bond donors (Lipinski definition) is 2. The van der Waals surface area contributed by atoms with Crippen LogP contribution in [0.15, 0.2) is 24.4 Å². The van der Waals surface area contributed by atoms with E-state index in [0.717, 1.165) is 41.6 Å². The summed E-state index contributed by atoms with van der Waals surface area (Å²) in [7, 11) is 0. The average Bonchev–Trinajstić information content (AvgIpc) is 3.20. The van der Waals surface area contributed by atoms with Crippen molar-refractivity contribution in [2.45, 2.75) is 38.3 Å². The Morgan fingerprint density at radius 1 is 1.50 bits per heavy atom. The highest BCUT2D eigenvalue weighted by Crippen LogP contribution is 2.25. The third-order valence-corrected chi connectivity index (χ3v) is 4.34. The number of hydroxylamine groups is 2. The molecule has 0 amide bonds. The molecule has 0 saturated carbocycles. The lowest BCUT2D eigenvalue weighted by atomic mass is 10.1. The van der Waals surface area contributed by atoms with Crippen LogP contribution in [0.3, 0.4) is 0 Å². The van der Waals surface area contributed by atoms with Gasteiger partial charge < -0.3 is 15.5 Å². The van der Waals surface area contributed by atoms with Crippen LogP contribution in [-0.2, 0) is 11.3 Å². The second-order valence-corrected chi connectivity index (χ2v) is 6.14. The molecule has 2 atom stereocenters. The molecule has 0 bridgehead atoms. The normalized spacial score (nSPS) is 19.5. The zero-order valence-corrected chi connectivity index (χ0v) is 14.0. The van der Waals surface area contributed by atoms with E-state index in [1.807, 2.05) is 31.3 Å². The van der Waals surface area contributed by atoms with E-state index >= 15 is 0 Å². The number of H-pyrrole nitrogens is 1. The molecule has 2 aromatic rings. The molecule has 1 saturated heterocycles. The van der Waals surface area contributed by atoms with Gasteiger partial charge >= 0.3 is 0 Å². The van der Waals surface area contributed by atoms with Gasteiger partial charge in [-0.25, -0.2) is 0 Å². The number of aromatic nitrogens is 1. The summed E-state index contributed by atoms with van der Waals surface area (Å²) in [5.41, 5.74) is 8.47. The molecule has 0 aliphatic carbocycles. The van der Waals surface area contributed by atoms with Crippen molar-refractivity contribution in [3.05, 3.63) is 30.0 Å². The molecule has 1 aromatic carbocycles. The number of benzene rings is 1. The summed E-state index contributed by atoms with van der Waals surface area (Å²) >= 11 is 0. The maximum atomic E-state index is 9.08. The Morgan fingerprint density at radius 2 is 2.38 bits per heavy atom. The van der Waals surface area contributed by atoms with Crippen molar-refractivity contribution in [3.63, 3.8) is 0 Å². The van der Waals surface area contributed by atoms with E-state index in [9.17, 15) is 0 Å². The lowest BCUT2D eigenvalue weighted by Crippen LogP contribution is -2.36. The van der Waals surface area contributed by atoms with Crippen LogP contribution in [-0.4, -0.2) is 41.9 Å². The number of nitrogens with two attached hydrogens (primary N) is 1. The van der Waals surface area contributed by atoms with E-state index in [0.29, 0.717) is 19.6 Å². The first-order valence-corrected chi connectivity index (χ1v) is 8.48. The lowest BCUT2D eigenvalue weighted by molar-refractivity contribution is -0.161. The van der Waals surface area contributed by atoms with E-state index in [1.165, 1.54) is 0 Å². The highest BCUT2D eigenvalue weighted by atomic mass is 16.7. The minimum atomic E-state index is -0.140. The minimum absolute atomic E-state index is 0.125. The molecule has 3 rings (SSSR count). The van der Waals surface area contributed by atoms with E-state index in [4.69, 9.17) is 20.6 Å². The molecular formula is C18H24N4O2. The van der Waals surface area contributed by atoms with Crippen molar-refractivity contribution in [2.75, 3.05) is 19.8 Å². The topological polar surface area (TPSA) is 87.3 Å². The van der Waals surface area contributed by atoms with Crippen LogP contribution >= 0.6 is 0 Å². The van der Waals surface area contributed by atoms with Crippen LogP contribution in [0, 0.1) is 11.3 Å². The van der Waals surface area contributed by atoms with Gasteiger partial charge in [-0.15, -0.1) is 0 Å². The first-order chi connectivity index (χ1) is 11.7. The Kier molecular flexibility index (Phi) is 5.36. The predicted molar refractivity (Wildman–Crippen MR) is 92.4 cm³/mol. The van der Waals surface area contributed by atoms with Gasteiger partial charge in [-0.1, -0.05) is 0 Å². The lowest BCUT2D eigenvalue weighted by Gasteiger charge is -2.21. The Labute approximate surface area is 142 Å². The molecule has 128 valence electrons. The van der Waals surface area contributed by atoms with Gasteiger partial charge in [-0.3, -0.25) is 4.84 Å².